The quantitative estimate of drug-likeness (QED) is 0.152. The van der Waals surface area contributed by atoms with Crippen molar-refractivity contribution in [1.29, 1.82) is 0 Å². The minimum Gasteiger partial charge on any atom is -0.243 e. The highest BCUT2D eigenvalue weighted by Gasteiger charge is 2.36. The highest BCUT2D eigenvalue weighted by molar-refractivity contribution is 6.07. The van der Waals surface area contributed by atoms with Crippen LogP contribution in [0.5, 0.6) is 0 Å². The topological polar surface area (TPSA) is 25.8 Å². The van der Waals surface area contributed by atoms with Crippen LogP contribution in [0.25, 0.3) is 123 Å². The van der Waals surface area contributed by atoms with E-state index in [1.165, 1.54) is 55.6 Å². The molecule has 0 radical (unpaired) electrons. The number of benzene rings is 11. The van der Waals surface area contributed by atoms with Gasteiger partial charge in [-0.1, -0.05) is 270 Å². The maximum atomic E-state index is 5.91. The first-order chi connectivity index (χ1) is 37.2. The van der Waals surface area contributed by atoms with Crippen LogP contribution in [0.1, 0.15) is 49.9 Å². The first-order valence-electron chi connectivity index (χ1n) is 26.6. The molecule has 1 aromatic heterocycles. The SMILES string of the molecule is CC1(C)c2ccccc2-c2ccc(-c3ccc(-c4nc5c(-c6ccccc6-c6ccccc6)ccc(-c6ccccc6-c6ccccc6)c5nc4-c4ccc(-c5ccc6c(c5)C(C)(C)c5ccccc5-6)cc4)cc3)cc21. The van der Waals surface area contributed by atoms with Crippen molar-refractivity contribution in [2.24, 2.45) is 0 Å². The van der Waals surface area contributed by atoms with Crippen LogP contribution in [0.4, 0.5) is 0 Å². The van der Waals surface area contributed by atoms with Gasteiger partial charge in [-0.15, -0.1) is 0 Å². The Balaban J connectivity index is 0.967. The summed E-state index contributed by atoms with van der Waals surface area (Å²) in [4.78, 5) is 11.8. The number of aromatic nitrogens is 2. The molecule has 0 saturated carbocycles. The third-order valence-corrected chi connectivity index (χ3v) is 16.6. The molecule has 14 rings (SSSR count). The first kappa shape index (κ1) is 45.4. The van der Waals surface area contributed by atoms with Crippen molar-refractivity contribution in [2.45, 2.75) is 38.5 Å². The van der Waals surface area contributed by atoms with Gasteiger partial charge in [0, 0.05) is 33.1 Å². The van der Waals surface area contributed by atoms with E-state index in [-0.39, 0.29) is 10.8 Å². The zero-order valence-corrected chi connectivity index (χ0v) is 43.1. The molecule has 0 amide bonds. The lowest BCUT2D eigenvalue weighted by Crippen LogP contribution is -2.14. The van der Waals surface area contributed by atoms with Crippen molar-refractivity contribution >= 4 is 11.0 Å². The number of fused-ring (bicyclic) bond motifs is 7. The Morgan fingerprint density at radius 2 is 0.500 bits per heavy atom. The van der Waals surface area contributed by atoms with E-state index < -0.39 is 0 Å². The Kier molecular flexibility index (Phi) is 10.6. The third kappa shape index (κ3) is 7.31. The molecule has 12 aromatic rings. The summed E-state index contributed by atoms with van der Waals surface area (Å²) in [5, 5.41) is 0. The zero-order chi connectivity index (χ0) is 51.1. The molecule has 0 spiro atoms. The lowest BCUT2D eigenvalue weighted by molar-refractivity contribution is 0.660. The predicted octanol–water partition coefficient (Wildman–Crippen LogP) is 19.6. The molecule has 11 aromatic carbocycles. The fraction of sp³-hybridized carbons (Fsp3) is 0.0811. The lowest BCUT2D eigenvalue weighted by Gasteiger charge is -2.22. The minimum atomic E-state index is -0.0900. The molecule has 1 heterocycles. The highest BCUT2D eigenvalue weighted by Crippen LogP contribution is 2.52. The van der Waals surface area contributed by atoms with E-state index in [0.29, 0.717) is 0 Å². The Bertz CT molecular complexity index is 3960. The molecule has 76 heavy (non-hydrogen) atoms. The van der Waals surface area contributed by atoms with E-state index in [0.717, 1.165) is 89.2 Å². The van der Waals surface area contributed by atoms with Gasteiger partial charge >= 0.3 is 0 Å². The van der Waals surface area contributed by atoms with Gasteiger partial charge in [0.1, 0.15) is 0 Å². The van der Waals surface area contributed by atoms with Gasteiger partial charge in [-0.05, 0) is 112 Å². The summed E-state index contributed by atoms with van der Waals surface area (Å²) in [6, 6.07) is 93.0. The molecule has 2 aliphatic carbocycles. The summed E-state index contributed by atoms with van der Waals surface area (Å²) < 4.78 is 0. The molecule has 360 valence electrons. The number of nitrogens with zero attached hydrogens (tertiary/aromatic N) is 2. The Hall–Kier alpha value is -9.24. The fourth-order valence-electron chi connectivity index (χ4n) is 12.6. The van der Waals surface area contributed by atoms with E-state index >= 15 is 0 Å². The van der Waals surface area contributed by atoms with E-state index in [9.17, 15) is 0 Å². The second-order valence-corrected chi connectivity index (χ2v) is 21.6. The summed E-state index contributed by atoms with van der Waals surface area (Å²) in [6.07, 6.45) is 0. The van der Waals surface area contributed by atoms with Gasteiger partial charge in [0.2, 0.25) is 0 Å². The molecule has 0 fully saturated rings. The van der Waals surface area contributed by atoms with Gasteiger partial charge < -0.3 is 0 Å². The van der Waals surface area contributed by atoms with Gasteiger partial charge in [0.25, 0.3) is 0 Å². The Morgan fingerprint density at radius 1 is 0.211 bits per heavy atom. The van der Waals surface area contributed by atoms with Gasteiger partial charge in [0.05, 0.1) is 22.4 Å². The van der Waals surface area contributed by atoms with Gasteiger partial charge in [-0.25, -0.2) is 9.97 Å². The average molecular weight is 971 g/mol. The van der Waals surface area contributed by atoms with Crippen LogP contribution in [0.15, 0.2) is 255 Å². The van der Waals surface area contributed by atoms with Crippen LogP contribution in [-0.2, 0) is 10.8 Å². The van der Waals surface area contributed by atoms with Crippen LogP contribution < -0.4 is 0 Å². The summed E-state index contributed by atoms with van der Waals surface area (Å²) in [6.45, 7) is 9.39. The predicted molar refractivity (Wildman–Crippen MR) is 318 cm³/mol. The largest absolute Gasteiger partial charge is 0.243 e. The Morgan fingerprint density at radius 3 is 0.895 bits per heavy atom. The van der Waals surface area contributed by atoms with Crippen molar-refractivity contribution in [3.8, 4) is 112 Å². The molecule has 0 atom stereocenters. The molecule has 0 bridgehead atoms. The van der Waals surface area contributed by atoms with Crippen LogP contribution in [0.3, 0.4) is 0 Å². The summed E-state index contributed by atoms with van der Waals surface area (Å²) in [5.74, 6) is 0. The number of hydrogen-bond acceptors (Lipinski definition) is 2. The first-order valence-corrected chi connectivity index (χ1v) is 26.6. The molecule has 0 saturated heterocycles. The average Bonchev–Trinajstić information content (AvgIpc) is 3.87. The normalized spacial score (nSPS) is 13.5. The van der Waals surface area contributed by atoms with Crippen molar-refractivity contribution in [3.05, 3.63) is 277 Å². The summed E-state index contributed by atoms with van der Waals surface area (Å²) in [5.41, 5.74) is 29.6. The smallest absolute Gasteiger partial charge is 0.0979 e. The van der Waals surface area contributed by atoms with Gasteiger partial charge in [-0.3, -0.25) is 0 Å². The van der Waals surface area contributed by atoms with Gasteiger partial charge in [-0.2, -0.15) is 0 Å². The van der Waals surface area contributed by atoms with Gasteiger partial charge in [0.15, 0.2) is 0 Å². The molecule has 0 aliphatic heterocycles. The molecular weight excluding hydrogens is 917 g/mol. The van der Waals surface area contributed by atoms with Crippen molar-refractivity contribution < 1.29 is 0 Å². The lowest BCUT2D eigenvalue weighted by atomic mass is 9.81. The van der Waals surface area contributed by atoms with Crippen molar-refractivity contribution in [1.82, 2.24) is 9.97 Å². The number of rotatable bonds is 8. The highest BCUT2D eigenvalue weighted by atomic mass is 14.8. The van der Waals surface area contributed by atoms with E-state index in [1.54, 1.807) is 0 Å². The van der Waals surface area contributed by atoms with Crippen LogP contribution in [-0.4, -0.2) is 9.97 Å². The zero-order valence-electron chi connectivity index (χ0n) is 43.1. The second kappa shape index (κ2) is 17.7. The molecule has 0 N–H and O–H groups in total. The molecule has 2 nitrogen and oxygen atoms in total. The van der Waals surface area contributed by atoms with Crippen LogP contribution >= 0.6 is 0 Å². The third-order valence-electron chi connectivity index (χ3n) is 16.6. The number of hydrogen-bond donors (Lipinski definition) is 0. The van der Waals surface area contributed by atoms with E-state index in [1.807, 2.05) is 0 Å². The summed E-state index contributed by atoms with van der Waals surface area (Å²) >= 11 is 0. The minimum absolute atomic E-state index is 0.0900. The second-order valence-electron chi connectivity index (χ2n) is 21.6. The standard InChI is InChI=1S/C74H54N2/c1-73(2)65-29-17-15-27-59(65)61-41-39-53(45-67(61)73)47-31-35-51(36-32-47)69-70(52-37-33-48(34-38-52)54-40-42-62-60-28-16-18-30-66(60)74(3,4)68(62)46-54)76-72-64(58-26-14-12-24-56(58)50-21-9-6-10-22-50)44-43-63(71(72)75-69)57-25-13-11-23-55(57)49-19-7-5-8-20-49/h5-46H,1-4H3. The summed E-state index contributed by atoms with van der Waals surface area (Å²) in [7, 11) is 0. The molecule has 2 heteroatoms. The maximum Gasteiger partial charge on any atom is 0.0979 e. The van der Waals surface area contributed by atoms with Crippen LogP contribution in [0, 0.1) is 0 Å². The molecule has 2 aliphatic rings. The fourth-order valence-corrected chi connectivity index (χ4v) is 12.6. The Labute approximate surface area is 445 Å². The van der Waals surface area contributed by atoms with E-state index in [2.05, 4.69) is 282 Å². The monoisotopic (exact) mass is 970 g/mol. The van der Waals surface area contributed by atoms with Crippen molar-refractivity contribution in [3.63, 3.8) is 0 Å². The molecular formula is C74H54N2. The van der Waals surface area contributed by atoms with Crippen LogP contribution in [0.2, 0.25) is 0 Å². The van der Waals surface area contributed by atoms with E-state index in [4.69, 9.17) is 9.97 Å². The maximum absolute atomic E-state index is 5.91. The molecule has 0 unspecified atom stereocenters. The van der Waals surface area contributed by atoms with Crippen molar-refractivity contribution in [2.75, 3.05) is 0 Å².